The smallest absolute Gasteiger partial charge is 0.240 e. The third-order valence-electron chi connectivity index (χ3n) is 5.21. The summed E-state index contributed by atoms with van der Waals surface area (Å²) >= 11 is 0. The van der Waals surface area contributed by atoms with Gasteiger partial charge in [-0.05, 0) is 25.7 Å². The lowest BCUT2D eigenvalue weighted by molar-refractivity contribution is -0.139. The molecule has 0 unspecified atom stereocenters. The van der Waals surface area contributed by atoms with E-state index in [4.69, 9.17) is 5.73 Å². The van der Waals surface area contributed by atoms with Gasteiger partial charge in [-0.3, -0.25) is 9.59 Å². The van der Waals surface area contributed by atoms with Crippen LogP contribution < -0.4 is 11.1 Å². The van der Waals surface area contributed by atoms with Crippen LogP contribution in [0, 0.1) is 5.41 Å². The number of nitrogens with two attached hydrogens (primary N) is 1. The van der Waals surface area contributed by atoms with E-state index >= 15 is 0 Å². The van der Waals surface area contributed by atoms with Gasteiger partial charge in [-0.25, -0.2) is 0 Å². The fourth-order valence-electron chi connectivity index (χ4n) is 3.83. The van der Waals surface area contributed by atoms with Gasteiger partial charge in [-0.1, -0.05) is 32.1 Å². The van der Waals surface area contributed by atoms with E-state index in [0.29, 0.717) is 6.54 Å². The summed E-state index contributed by atoms with van der Waals surface area (Å²) in [5.74, 6) is 0.0649. The number of rotatable bonds is 4. The highest BCUT2D eigenvalue weighted by molar-refractivity contribution is 5.88. The van der Waals surface area contributed by atoms with Crippen molar-refractivity contribution in [3.63, 3.8) is 0 Å². The molecule has 22 heavy (non-hydrogen) atoms. The summed E-state index contributed by atoms with van der Waals surface area (Å²) in [5, 5.41) is 3.00. The van der Waals surface area contributed by atoms with Crippen LogP contribution in [0.2, 0.25) is 0 Å². The normalized spacial score (nSPS) is 22.5. The molecule has 0 bridgehead atoms. The van der Waals surface area contributed by atoms with E-state index in [2.05, 4.69) is 5.32 Å². The van der Waals surface area contributed by atoms with Crippen LogP contribution in [0.15, 0.2) is 0 Å². The maximum Gasteiger partial charge on any atom is 0.240 e. The quantitative estimate of drug-likeness (QED) is 0.825. The van der Waals surface area contributed by atoms with E-state index in [0.717, 1.165) is 57.8 Å². The molecule has 0 aromatic heterocycles. The Bertz CT molecular complexity index is 400. The molecule has 2 fully saturated rings. The molecule has 0 aromatic carbocycles. The number of hydrogen-bond acceptors (Lipinski definition) is 3. The number of nitrogens with one attached hydrogen (secondary N) is 1. The zero-order valence-electron chi connectivity index (χ0n) is 13.8. The van der Waals surface area contributed by atoms with E-state index in [1.54, 1.807) is 19.0 Å². The molecule has 128 valence electrons. The molecule has 0 spiro atoms. The Balaban J connectivity index is 0.00000242. The van der Waals surface area contributed by atoms with Gasteiger partial charge in [0.15, 0.2) is 0 Å². The predicted molar refractivity (Wildman–Crippen MR) is 89.9 cm³/mol. The number of amides is 2. The van der Waals surface area contributed by atoms with Gasteiger partial charge >= 0.3 is 0 Å². The lowest BCUT2D eigenvalue weighted by Crippen LogP contribution is -2.57. The summed E-state index contributed by atoms with van der Waals surface area (Å²) in [6.45, 7) is 0.432. The second-order valence-electron chi connectivity index (χ2n) is 7.09. The Morgan fingerprint density at radius 3 is 2.00 bits per heavy atom. The first-order chi connectivity index (χ1) is 9.90. The summed E-state index contributed by atoms with van der Waals surface area (Å²) in [6.07, 6.45) is 8.56. The standard InChI is InChI=1S/C16H29N3O2.ClH/c1-19(2)14(21)15(8-6-7-9-15)12-18-13(20)16(17)10-4-3-5-11-16;/h3-12,17H2,1-2H3,(H,18,20);1H. The minimum absolute atomic E-state index is 0. The molecule has 5 nitrogen and oxygen atoms in total. The van der Waals surface area contributed by atoms with Crippen LogP contribution in [0.3, 0.4) is 0 Å². The van der Waals surface area contributed by atoms with Crippen molar-refractivity contribution in [2.24, 2.45) is 11.1 Å². The second-order valence-corrected chi connectivity index (χ2v) is 7.09. The predicted octanol–water partition coefficient (Wildman–Crippen LogP) is 1.83. The van der Waals surface area contributed by atoms with E-state index in [9.17, 15) is 9.59 Å². The highest BCUT2D eigenvalue weighted by Crippen LogP contribution is 2.39. The van der Waals surface area contributed by atoms with Gasteiger partial charge in [0, 0.05) is 20.6 Å². The Morgan fingerprint density at radius 2 is 1.50 bits per heavy atom. The largest absolute Gasteiger partial charge is 0.353 e. The highest BCUT2D eigenvalue weighted by Gasteiger charge is 2.43. The number of carbonyl (C=O) groups excluding carboxylic acids is 2. The molecule has 6 heteroatoms. The fraction of sp³-hybridized carbons (Fsp3) is 0.875. The zero-order chi connectivity index (χ0) is 15.5. The number of hydrogen-bond donors (Lipinski definition) is 2. The molecule has 2 saturated carbocycles. The van der Waals surface area contributed by atoms with Crippen LogP contribution in [-0.4, -0.2) is 42.9 Å². The van der Waals surface area contributed by atoms with E-state index in [-0.39, 0.29) is 24.2 Å². The molecule has 3 N–H and O–H groups in total. The second kappa shape index (κ2) is 7.64. The van der Waals surface area contributed by atoms with Crippen LogP contribution in [0.1, 0.15) is 57.8 Å². The SMILES string of the molecule is CN(C)C(=O)C1(CNC(=O)C2(N)CCCCC2)CCCC1.Cl. The molecule has 2 amide bonds. The Morgan fingerprint density at radius 1 is 1.00 bits per heavy atom. The van der Waals surface area contributed by atoms with Crippen molar-refractivity contribution in [1.82, 2.24) is 10.2 Å². The van der Waals surface area contributed by atoms with Crippen molar-refractivity contribution in [2.45, 2.75) is 63.3 Å². The molecule has 0 heterocycles. The van der Waals surface area contributed by atoms with Crippen molar-refractivity contribution < 1.29 is 9.59 Å². The average Bonchev–Trinajstić information content (AvgIpc) is 2.94. The molecular weight excluding hydrogens is 302 g/mol. The van der Waals surface area contributed by atoms with E-state index in [1.165, 1.54) is 0 Å². The van der Waals surface area contributed by atoms with Crippen LogP contribution in [0.5, 0.6) is 0 Å². The molecule has 0 aromatic rings. The van der Waals surface area contributed by atoms with Crippen LogP contribution in [0.4, 0.5) is 0 Å². The van der Waals surface area contributed by atoms with Gasteiger partial charge in [0.05, 0.1) is 11.0 Å². The maximum atomic E-state index is 12.5. The first kappa shape index (κ1) is 19.2. The van der Waals surface area contributed by atoms with Crippen molar-refractivity contribution >= 4 is 24.2 Å². The van der Waals surface area contributed by atoms with Gasteiger partial charge in [-0.2, -0.15) is 0 Å². The molecule has 2 aliphatic rings. The molecule has 0 atom stereocenters. The van der Waals surface area contributed by atoms with Crippen LogP contribution in [0.25, 0.3) is 0 Å². The maximum absolute atomic E-state index is 12.5. The first-order valence-electron chi connectivity index (χ1n) is 8.19. The third kappa shape index (κ3) is 3.93. The number of halogens is 1. The van der Waals surface area contributed by atoms with Crippen molar-refractivity contribution in [1.29, 1.82) is 0 Å². The summed E-state index contributed by atoms with van der Waals surface area (Å²) in [5.41, 5.74) is 5.12. The number of carbonyl (C=O) groups is 2. The molecule has 0 aliphatic heterocycles. The lowest BCUT2D eigenvalue weighted by Gasteiger charge is -2.35. The topological polar surface area (TPSA) is 75.4 Å². The van der Waals surface area contributed by atoms with E-state index < -0.39 is 11.0 Å². The van der Waals surface area contributed by atoms with Gasteiger partial charge in [0.2, 0.25) is 11.8 Å². The first-order valence-corrected chi connectivity index (χ1v) is 8.19. The van der Waals surface area contributed by atoms with Gasteiger partial charge in [0.1, 0.15) is 0 Å². The van der Waals surface area contributed by atoms with Gasteiger partial charge in [-0.15, -0.1) is 12.4 Å². The van der Waals surface area contributed by atoms with Gasteiger partial charge in [0.25, 0.3) is 0 Å². The Hall–Kier alpha value is -0.810. The molecule has 2 aliphatic carbocycles. The summed E-state index contributed by atoms with van der Waals surface area (Å²) < 4.78 is 0. The summed E-state index contributed by atoms with van der Waals surface area (Å²) in [6, 6.07) is 0. The fourth-order valence-corrected chi connectivity index (χ4v) is 3.83. The monoisotopic (exact) mass is 331 g/mol. The third-order valence-corrected chi connectivity index (χ3v) is 5.21. The molecule has 2 rings (SSSR count). The Labute approximate surface area is 139 Å². The van der Waals surface area contributed by atoms with Gasteiger partial charge < -0.3 is 16.0 Å². The van der Waals surface area contributed by atoms with Crippen molar-refractivity contribution in [3.8, 4) is 0 Å². The van der Waals surface area contributed by atoms with Crippen molar-refractivity contribution in [2.75, 3.05) is 20.6 Å². The minimum atomic E-state index is -0.723. The zero-order valence-corrected chi connectivity index (χ0v) is 14.6. The van der Waals surface area contributed by atoms with Crippen LogP contribution in [-0.2, 0) is 9.59 Å². The molecule has 0 saturated heterocycles. The lowest BCUT2D eigenvalue weighted by atomic mass is 9.80. The number of nitrogens with zero attached hydrogens (tertiary/aromatic N) is 1. The minimum Gasteiger partial charge on any atom is -0.353 e. The summed E-state index contributed by atoms with van der Waals surface area (Å²) in [4.78, 5) is 26.6. The Kier molecular flexibility index (Phi) is 6.68. The highest BCUT2D eigenvalue weighted by atomic mass is 35.5. The van der Waals surface area contributed by atoms with Crippen LogP contribution >= 0.6 is 12.4 Å². The average molecular weight is 332 g/mol. The van der Waals surface area contributed by atoms with Crippen molar-refractivity contribution in [3.05, 3.63) is 0 Å². The summed E-state index contributed by atoms with van der Waals surface area (Å²) in [7, 11) is 3.57. The molecule has 0 radical (unpaired) electrons. The molecular formula is C16H30ClN3O2. The van der Waals surface area contributed by atoms with E-state index in [1.807, 2.05) is 0 Å².